The molecule has 3 heterocycles. The number of benzene rings is 2. The topological polar surface area (TPSA) is 103 Å². The van der Waals surface area contributed by atoms with Gasteiger partial charge in [-0.2, -0.15) is 13.2 Å². The molecule has 1 aliphatic heterocycles. The first-order valence-electron chi connectivity index (χ1n) is 10.8. The molecule has 1 aliphatic rings. The summed E-state index contributed by atoms with van der Waals surface area (Å²) in [6.07, 6.45) is -1.61. The van der Waals surface area contributed by atoms with Crippen LogP contribution in [0.2, 0.25) is 0 Å². The Morgan fingerprint density at radius 2 is 1.86 bits per heavy atom. The number of amides is 3. The highest BCUT2D eigenvalue weighted by atomic mass is 32.1. The third-order valence-electron chi connectivity index (χ3n) is 5.74. The van der Waals surface area contributed by atoms with Crippen molar-refractivity contribution in [2.45, 2.75) is 18.0 Å². The molecule has 4 aromatic rings. The van der Waals surface area contributed by atoms with Crippen molar-refractivity contribution in [1.29, 1.82) is 0 Å². The van der Waals surface area contributed by atoms with Crippen molar-refractivity contribution in [3.05, 3.63) is 72.1 Å². The van der Waals surface area contributed by atoms with Crippen LogP contribution in [0.1, 0.15) is 23.2 Å². The Hall–Kier alpha value is -4.00. The zero-order valence-electron chi connectivity index (χ0n) is 18.3. The highest BCUT2D eigenvalue weighted by Gasteiger charge is 2.50. The van der Waals surface area contributed by atoms with Gasteiger partial charge in [0.1, 0.15) is 11.6 Å². The van der Waals surface area contributed by atoms with Crippen LogP contribution >= 0.6 is 11.3 Å². The Morgan fingerprint density at radius 3 is 2.53 bits per heavy atom. The quantitative estimate of drug-likeness (QED) is 0.321. The maximum absolute atomic E-state index is 14.0. The zero-order valence-corrected chi connectivity index (χ0v) is 19.2. The van der Waals surface area contributed by atoms with E-state index < -0.39 is 29.8 Å². The number of carbonyl (C=O) groups is 2. The number of hydrogen-bond donors (Lipinski definition) is 3. The molecule has 1 saturated heterocycles. The minimum Gasteiger partial charge on any atom is -0.348 e. The summed E-state index contributed by atoms with van der Waals surface area (Å²) in [5, 5.41) is 5.17. The van der Waals surface area contributed by atoms with Crippen molar-refractivity contribution >= 4 is 44.3 Å². The van der Waals surface area contributed by atoms with E-state index in [9.17, 15) is 27.2 Å². The van der Waals surface area contributed by atoms with Gasteiger partial charge in [-0.15, -0.1) is 0 Å². The Balaban J connectivity index is 1.31. The fraction of sp³-hybridized carbons (Fsp3) is 0.217. The van der Waals surface area contributed by atoms with Crippen LogP contribution in [-0.4, -0.2) is 51.1 Å². The van der Waals surface area contributed by atoms with Crippen molar-refractivity contribution in [3.8, 4) is 0 Å². The second-order valence-corrected chi connectivity index (χ2v) is 9.25. The highest BCUT2D eigenvalue weighted by molar-refractivity contribution is 7.22. The molecule has 186 valence electrons. The number of nitrogens with zero attached hydrogens (tertiary/aromatic N) is 3. The van der Waals surface area contributed by atoms with Gasteiger partial charge in [-0.05, 0) is 42.0 Å². The number of urea groups is 1. The Labute approximate surface area is 205 Å². The average Bonchev–Trinajstić information content (AvgIpc) is 3.43. The standard InChI is InChI=1S/C23H18F4N6O2S/c24-14-2-4-15(5-3-14)30-21(35)32-22-31-16-6-1-12(9-17(16)36-22)18(23(25,26)27)20(34)33-10-13(11-33)19-28-7-8-29-19/h1-9,13,18H,10-11H2,(H,28,29)(H2,30,31,32,35). The van der Waals surface area contributed by atoms with Gasteiger partial charge in [0, 0.05) is 31.2 Å². The lowest BCUT2D eigenvalue weighted by molar-refractivity contribution is -0.175. The van der Waals surface area contributed by atoms with Crippen LogP contribution in [0, 0.1) is 5.82 Å². The molecule has 0 saturated carbocycles. The summed E-state index contributed by atoms with van der Waals surface area (Å²) in [4.78, 5) is 37.5. The number of nitrogens with one attached hydrogen (secondary N) is 3. The van der Waals surface area contributed by atoms with Crippen LogP contribution in [0.25, 0.3) is 10.2 Å². The van der Waals surface area contributed by atoms with E-state index in [2.05, 4.69) is 25.6 Å². The molecule has 8 nitrogen and oxygen atoms in total. The number of likely N-dealkylation sites (tertiary alicyclic amines) is 1. The number of halogens is 4. The van der Waals surface area contributed by atoms with Crippen molar-refractivity contribution in [2.75, 3.05) is 23.7 Å². The summed E-state index contributed by atoms with van der Waals surface area (Å²) >= 11 is 0.972. The lowest BCUT2D eigenvalue weighted by Crippen LogP contribution is -2.52. The number of aromatic nitrogens is 3. The molecule has 3 N–H and O–H groups in total. The van der Waals surface area contributed by atoms with Crippen LogP contribution in [0.4, 0.5) is 33.2 Å². The van der Waals surface area contributed by atoms with Crippen LogP contribution in [0.5, 0.6) is 0 Å². The van der Waals surface area contributed by atoms with Crippen molar-refractivity contribution in [3.63, 3.8) is 0 Å². The molecular formula is C23H18F4N6O2S. The maximum Gasteiger partial charge on any atom is 0.404 e. The first kappa shape index (κ1) is 23.7. The lowest BCUT2D eigenvalue weighted by atomic mass is 9.92. The second kappa shape index (κ2) is 9.22. The summed E-state index contributed by atoms with van der Waals surface area (Å²) < 4.78 is 55.4. The predicted molar refractivity (Wildman–Crippen MR) is 125 cm³/mol. The van der Waals surface area contributed by atoms with Crippen LogP contribution in [-0.2, 0) is 4.79 Å². The van der Waals surface area contributed by atoms with Gasteiger partial charge in [-0.1, -0.05) is 17.4 Å². The molecule has 0 aliphatic carbocycles. The fourth-order valence-corrected chi connectivity index (χ4v) is 4.86. The van der Waals surface area contributed by atoms with E-state index in [0.717, 1.165) is 11.3 Å². The molecule has 3 amide bonds. The molecule has 5 rings (SSSR count). The maximum atomic E-state index is 14.0. The lowest BCUT2D eigenvalue weighted by Gasteiger charge is -2.40. The first-order chi connectivity index (χ1) is 17.2. The number of fused-ring (bicyclic) bond motifs is 1. The number of carbonyl (C=O) groups excluding carboxylic acids is 2. The number of thiazole rings is 1. The number of imidazole rings is 1. The van der Waals surface area contributed by atoms with E-state index in [0.29, 0.717) is 21.7 Å². The average molecular weight is 518 g/mol. The molecule has 0 spiro atoms. The van der Waals surface area contributed by atoms with Gasteiger partial charge >= 0.3 is 12.2 Å². The monoisotopic (exact) mass is 518 g/mol. The summed E-state index contributed by atoms with van der Waals surface area (Å²) in [6.45, 7) is 0.303. The van der Waals surface area contributed by atoms with Crippen molar-refractivity contribution < 1.29 is 27.2 Å². The highest BCUT2D eigenvalue weighted by Crippen LogP contribution is 2.40. The van der Waals surface area contributed by atoms with Gasteiger partial charge in [0.05, 0.1) is 16.1 Å². The summed E-state index contributed by atoms with van der Waals surface area (Å²) in [6, 6.07) is 8.37. The van der Waals surface area contributed by atoms with Gasteiger partial charge in [0.15, 0.2) is 11.0 Å². The molecule has 1 unspecified atom stereocenters. The normalized spacial score (nSPS) is 14.9. The molecular weight excluding hydrogens is 500 g/mol. The van der Waals surface area contributed by atoms with Crippen molar-refractivity contribution in [2.24, 2.45) is 0 Å². The van der Waals surface area contributed by atoms with E-state index in [4.69, 9.17) is 0 Å². The van der Waals surface area contributed by atoms with Gasteiger partial charge in [0.2, 0.25) is 5.91 Å². The van der Waals surface area contributed by atoms with E-state index in [1.165, 1.54) is 47.4 Å². The van der Waals surface area contributed by atoms with Crippen LogP contribution in [0.15, 0.2) is 54.9 Å². The number of H-pyrrole nitrogens is 1. The number of aromatic amines is 1. The number of alkyl halides is 3. The minimum absolute atomic E-state index is 0.128. The van der Waals surface area contributed by atoms with Gasteiger partial charge in [0.25, 0.3) is 0 Å². The predicted octanol–water partition coefficient (Wildman–Crippen LogP) is 5.07. The number of anilines is 2. The minimum atomic E-state index is -4.79. The molecule has 13 heteroatoms. The molecule has 36 heavy (non-hydrogen) atoms. The summed E-state index contributed by atoms with van der Waals surface area (Å²) in [5.41, 5.74) is 0.521. The fourth-order valence-electron chi connectivity index (χ4n) is 3.95. The Bertz CT molecular complexity index is 1400. The molecule has 2 aromatic heterocycles. The number of rotatable bonds is 5. The van der Waals surface area contributed by atoms with Gasteiger partial charge in [-0.25, -0.2) is 19.2 Å². The molecule has 0 bridgehead atoms. The second-order valence-electron chi connectivity index (χ2n) is 8.22. The third kappa shape index (κ3) is 4.87. The van der Waals surface area contributed by atoms with E-state index in [-0.39, 0.29) is 29.7 Å². The Kier molecular flexibility index (Phi) is 6.08. The van der Waals surface area contributed by atoms with Gasteiger partial charge < -0.3 is 15.2 Å². The number of hydrogen-bond acceptors (Lipinski definition) is 5. The first-order valence-corrected chi connectivity index (χ1v) is 11.6. The van der Waals surface area contributed by atoms with E-state index in [1.54, 1.807) is 12.4 Å². The molecule has 1 fully saturated rings. The molecule has 1 atom stereocenters. The van der Waals surface area contributed by atoms with Crippen LogP contribution < -0.4 is 10.6 Å². The summed E-state index contributed by atoms with van der Waals surface area (Å²) in [7, 11) is 0. The van der Waals surface area contributed by atoms with Gasteiger partial charge in [-0.3, -0.25) is 10.1 Å². The SMILES string of the molecule is O=C(Nc1ccc(F)cc1)Nc1nc2ccc(C(C(=O)N3CC(c4ncc[nH]4)C3)C(F)(F)F)cc2s1. The van der Waals surface area contributed by atoms with Crippen LogP contribution in [0.3, 0.4) is 0 Å². The smallest absolute Gasteiger partial charge is 0.348 e. The van der Waals surface area contributed by atoms with E-state index in [1.807, 2.05) is 0 Å². The molecule has 0 radical (unpaired) electrons. The Morgan fingerprint density at radius 1 is 1.11 bits per heavy atom. The van der Waals surface area contributed by atoms with Crippen molar-refractivity contribution in [1.82, 2.24) is 19.9 Å². The third-order valence-corrected chi connectivity index (χ3v) is 6.68. The van der Waals surface area contributed by atoms with E-state index >= 15 is 0 Å². The molecule has 2 aromatic carbocycles. The largest absolute Gasteiger partial charge is 0.404 e. The zero-order chi connectivity index (χ0) is 25.4. The summed E-state index contributed by atoms with van der Waals surface area (Å²) in [5.74, 6) is -3.29.